The fraction of sp³-hybridized carbons (Fsp3) is 0.600. The molecule has 1 aliphatic carbocycles. The number of hydrogen-bond acceptors (Lipinski definition) is 4. The van der Waals surface area contributed by atoms with E-state index in [1.54, 1.807) is 19.1 Å². The molecule has 1 saturated carbocycles. The van der Waals surface area contributed by atoms with Gasteiger partial charge in [-0.3, -0.25) is 9.59 Å². The van der Waals surface area contributed by atoms with Gasteiger partial charge in [0.25, 0.3) is 5.91 Å². The van der Waals surface area contributed by atoms with Gasteiger partial charge in [-0.15, -0.1) is 0 Å². The van der Waals surface area contributed by atoms with Crippen LogP contribution in [0.4, 0.5) is 0 Å². The Morgan fingerprint density at radius 1 is 1.19 bits per heavy atom. The van der Waals surface area contributed by atoms with Crippen molar-refractivity contribution in [3.8, 4) is 11.5 Å². The van der Waals surface area contributed by atoms with Crippen LogP contribution >= 0.6 is 0 Å². The zero-order valence-corrected chi connectivity index (χ0v) is 19.9. The first-order chi connectivity index (χ1) is 15.3. The number of fused-ring (bicyclic) bond motifs is 3. The summed E-state index contributed by atoms with van der Waals surface area (Å²) in [6.07, 6.45) is 5.13. The third kappa shape index (κ3) is 3.71. The third-order valence-electron chi connectivity index (χ3n) is 7.06. The first kappa shape index (κ1) is 22.5. The van der Waals surface area contributed by atoms with Crippen LogP contribution < -0.4 is 14.8 Å². The number of benzene rings is 1. The second-order valence-electron chi connectivity index (χ2n) is 9.72. The van der Waals surface area contributed by atoms with E-state index in [2.05, 4.69) is 19.2 Å². The van der Waals surface area contributed by atoms with Gasteiger partial charge in [-0.1, -0.05) is 26.7 Å². The number of methoxy groups -OCH3 is 2. The quantitative estimate of drug-likeness (QED) is 0.706. The predicted octanol–water partition coefficient (Wildman–Crippen LogP) is 3.98. The van der Waals surface area contributed by atoms with Crippen molar-refractivity contribution >= 4 is 22.7 Å². The van der Waals surface area contributed by atoms with Crippen molar-refractivity contribution in [1.82, 2.24) is 14.8 Å². The summed E-state index contributed by atoms with van der Waals surface area (Å²) < 4.78 is 13.1. The molecule has 1 fully saturated rings. The minimum atomic E-state index is -0.985. The van der Waals surface area contributed by atoms with Crippen LogP contribution in [0.5, 0.6) is 11.5 Å². The highest BCUT2D eigenvalue weighted by Gasteiger charge is 2.48. The summed E-state index contributed by atoms with van der Waals surface area (Å²) in [5.74, 6) is 1.57. The number of aromatic nitrogens is 1. The first-order valence-corrected chi connectivity index (χ1v) is 11.7. The molecule has 7 heteroatoms. The van der Waals surface area contributed by atoms with Gasteiger partial charge in [0.15, 0.2) is 0 Å². The van der Waals surface area contributed by atoms with Crippen LogP contribution in [-0.2, 0) is 11.3 Å². The van der Waals surface area contributed by atoms with Crippen LogP contribution in [0.15, 0.2) is 18.2 Å². The number of nitrogens with zero attached hydrogens (tertiary/aromatic N) is 2. The topological polar surface area (TPSA) is 72.8 Å². The van der Waals surface area contributed by atoms with E-state index < -0.39 is 5.54 Å². The summed E-state index contributed by atoms with van der Waals surface area (Å²) in [4.78, 5) is 29.2. The molecule has 7 nitrogen and oxygen atoms in total. The Morgan fingerprint density at radius 2 is 1.84 bits per heavy atom. The predicted molar refractivity (Wildman–Crippen MR) is 124 cm³/mol. The van der Waals surface area contributed by atoms with Crippen LogP contribution in [0.25, 0.3) is 10.9 Å². The maximum absolute atomic E-state index is 13.8. The molecule has 0 bridgehead atoms. The molecular weight excluding hydrogens is 406 g/mol. The van der Waals surface area contributed by atoms with Crippen LogP contribution in [0, 0.1) is 5.92 Å². The number of amides is 2. The number of ether oxygens (including phenoxy) is 2. The van der Waals surface area contributed by atoms with Crippen LogP contribution in [0.3, 0.4) is 0 Å². The Kier molecular flexibility index (Phi) is 6.10. The summed E-state index contributed by atoms with van der Waals surface area (Å²) in [6, 6.07) is 5.76. The fourth-order valence-corrected chi connectivity index (χ4v) is 5.10. The largest absolute Gasteiger partial charge is 0.496 e. The molecule has 1 atom stereocenters. The van der Waals surface area contributed by atoms with Crippen molar-refractivity contribution in [3.05, 3.63) is 23.9 Å². The lowest BCUT2D eigenvalue weighted by Crippen LogP contribution is -2.65. The lowest BCUT2D eigenvalue weighted by atomic mass is 9.93. The molecule has 1 unspecified atom stereocenters. The summed E-state index contributed by atoms with van der Waals surface area (Å²) in [7, 11) is 3.24. The molecule has 2 aromatic rings. The highest BCUT2D eigenvalue weighted by molar-refractivity contribution is 6.05. The average molecular weight is 442 g/mol. The van der Waals surface area contributed by atoms with Crippen LogP contribution in [0.2, 0.25) is 0 Å². The Labute approximate surface area is 190 Å². The maximum atomic E-state index is 13.8. The van der Waals surface area contributed by atoms with Crippen molar-refractivity contribution in [1.29, 1.82) is 0 Å². The number of nitrogens with one attached hydrogen (secondary N) is 1. The van der Waals surface area contributed by atoms with Gasteiger partial charge >= 0.3 is 0 Å². The van der Waals surface area contributed by atoms with Gasteiger partial charge in [-0.05, 0) is 50.3 Å². The highest BCUT2D eigenvalue weighted by atomic mass is 16.5. The molecule has 2 amide bonds. The van der Waals surface area contributed by atoms with Gasteiger partial charge in [0.05, 0.1) is 26.3 Å². The van der Waals surface area contributed by atoms with Gasteiger partial charge in [0.2, 0.25) is 5.91 Å². The number of carbonyl (C=O) groups excluding carboxylic acids is 2. The van der Waals surface area contributed by atoms with E-state index in [1.165, 1.54) is 0 Å². The van der Waals surface area contributed by atoms with Crippen molar-refractivity contribution in [2.45, 2.75) is 71.0 Å². The summed E-state index contributed by atoms with van der Waals surface area (Å²) in [6.45, 7) is 7.09. The molecule has 0 saturated heterocycles. The molecule has 1 N–H and O–H groups in total. The summed E-state index contributed by atoms with van der Waals surface area (Å²) in [5, 5.41) is 4.07. The van der Waals surface area contributed by atoms with Gasteiger partial charge in [0.1, 0.15) is 22.7 Å². The summed E-state index contributed by atoms with van der Waals surface area (Å²) in [5.41, 5.74) is 0.373. The number of rotatable bonds is 7. The van der Waals surface area contributed by atoms with E-state index in [-0.39, 0.29) is 17.9 Å². The van der Waals surface area contributed by atoms with Crippen LogP contribution in [0.1, 0.15) is 63.4 Å². The van der Waals surface area contributed by atoms with E-state index >= 15 is 0 Å². The number of hydrogen-bond donors (Lipinski definition) is 1. The molecule has 1 aliphatic heterocycles. The molecular formula is C25H35N3O4. The molecule has 0 spiro atoms. The SMILES string of the molecule is COc1ccc(OC)c2c1cc1n2CC(C)(C(=O)NC2CCCC2)N(CCC(C)C)C1=O. The standard InChI is InChI=1S/C25H35N3O4/c1-16(2)12-13-28-23(29)19-14-18-20(31-4)10-11-21(32-5)22(18)27(19)15-25(28,3)24(30)26-17-8-6-7-9-17/h10-11,14,16-17H,6-9,12-13,15H2,1-5H3,(H,26,30). The number of carbonyl (C=O) groups is 2. The second-order valence-corrected chi connectivity index (χ2v) is 9.72. The summed E-state index contributed by atoms with van der Waals surface area (Å²) >= 11 is 0. The van der Waals surface area contributed by atoms with E-state index in [1.807, 2.05) is 29.7 Å². The van der Waals surface area contributed by atoms with E-state index in [4.69, 9.17) is 9.47 Å². The van der Waals surface area contributed by atoms with E-state index in [9.17, 15) is 9.59 Å². The van der Waals surface area contributed by atoms with Gasteiger partial charge in [-0.2, -0.15) is 0 Å². The lowest BCUT2D eigenvalue weighted by molar-refractivity contribution is -0.133. The molecule has 0 radical (unpaired) electrons. The Morgan fingerprint density at radius 3 is 2.47 bits per heavy atom. The molecule has 32 heavy (non-hydrogen) atoms. The van der Waals surface area contributed by atoms with E-state index in [0.29, 0.717) is 36.2 Å². The molecule has 2 aliphatic rings. The minimum absolute atomic E-state index is 0.0733. The zero-order valence-electron chi connectivity index (χ0n) is 19.9. The zero-order chi connectivity index (χ0) is 23.0. The smallest absolute Gasteiger partial charge is 0.271 e. The molecule has 4 rings (SSSR count). The molecule has 1 aromatic carbocycles. The van der Waals surface area contributed by atoms with Crippen molar-refractivity contribution < 1.29 is 19.1 Å². The highest BCUT2D eigenvalue weighted by Crippen LogP contribution is 2.40. The van der Waals surface area contributed by atoms with Crippen molar-refractivity contribution in [2.75, 3.05) is 20.8 Å². The molecule has 2 heterocycles. The maximum Gasteiger partial charge on any atom is 0.271 e. The van der Waals surface area contributed by atoms with Gasteiger partial charge < -0.3 is 24.3 Å². The van der Waals surface area contributed by atoms with Crippen LogP contribution in [-0.4, -0.2) is 53.6 Å². The third-order valence-corrected chi connectivity index (χ3v) is 7.06. The Hall–Kier alpha value is -2.70. The van der Waals surface area contributed by atoms with Crippen molar-refractivity contribution in [3.63, 3.8) is 0 Å². The lowest BCUT2D eigenvalue weighted by Gasteiger charge is -2.44. The average Bonchev–Trinajstić information content (AvgIpc) is 3.41. The second kappa shape index (κ2) is 8.68. The first-order valence-electron chi connectivity index (χ1n) is 11.7. The molecule has 1 aromatic heterocycles. The normalized spacial score (nSPS) is 21.3. The monoisotopic (exact) mass is 441 g/mol. The van der Waals surface area contributed by atoms with Gasteiger partial charge in [-0.25, -0.2) is 0 Å². The Balaban J connectivity index is 1.82. The van der Waals surface area contributed by atoms with Gasteiger partial charge in [0, 0.05) is 18.0 Å². The molecule has 174 valence electrons. The Bertz CT molecular complexity index is 1020. The fourth-order valence-electron chi connectivity index (χ4n) is 5.10. The van der Waals surface area contributed by atoms with E-state index in [0.717, 1.165) is 43.0 Å². The van der Waals surface area contributed by atoms with Crippen molar-refractivity contribution in [2.24, 2.45) is 5.92 Å². The minimum Gasteiger partial charge on any atom is -0.496 e.